The van der Waals surface area contributed by atoms with Gasteiger partial charge in [-0.3, -0.25) is 0 Å². The lowest BCUT2D eigenvalue weighted by Crippen LogP contribution is -2.32. The fraction of sp³-hybridized carbons (Fsp3) is 0.333. The Morgan fingerprint density at radius 3 is 2.41 bits per heavy atom. The van der Waals surface area contributed by atoms with Crippen LogP contribution in [0, 0.1) is 0 Å². The summed E-state index contributed by atoms with van der Waals surface area (Å²) in [5, 5.41) is 0. The van der Waals surface area contributed by atoms with Crippen molar-refractivity contribution in [3.8, 4) is 5.75 Å². The molecule has 1 aromatic carbocycles. The molecule has 0 aliphatic heterocycles. The first-order chi connectivity index (χ1) is 10.5. The lowest BCUT2D eigenvalue weighted by Gasteiger charge is -2.21. The molecule has 3 rings (SSSR count). The van der Waals surface area contributed by atoms with E-state index in [9.17, 15) is 8.42 Å². The van der Waals surface area contributed by atoms with Gasteiger partial charge in [-0.1, -0.05) is 12.1 Å². The Morgan fingerprint density at radius 1 is 1.23 bits per heavy atom. The van der Waals surface area contributed by atoms with E-state index in [0.717, 1.165) is 27.9 Å². The molecule has 1 fully saturated rings. The van der Waals surface area contributed by atoms with Gasteiger partial charge in [-0.25, -0.2) is 8.42 Å². The molecule has 0 N–H and O–H groups in total. The van der Waals surface area contributed by atoms with E-state index < -0.39 is 10.0 Å². The fourth-order valence-corrected chi connectivity index (χ4v) is 6.05. The van der Waals surface area contributed by atoms with E-state index in [1.165, 1.54) is 11.3 Å². The molecule has 1 aromatic heterocycles. The van der Waals surface area contributed by atoms with Crippen molar-refractivity contribution in [2.75, 3.05) is 7.11 Å². The minimum absolute atomic E-state index is 0.118. The van der Waals surface area contributed by atoms with Crippen LogP contribution in [0.4, 0.5) is 0 Å². The molecule has 0 bridgehead atoms. The van der Waals surface area contributed by atoms with Gasteiger partial charge < -0.3 is 4.74 Å². The smallest absolute Gasteiger partial charge is 0.253 e. The molecule has 1 aliphatic rings. The molecule has 4 nitrogen and oxygen atoms in total. The zero-order valence-electron chi connectivity index (χ0n) is 12.0. The predicted molar refractivity (Wildman–Crippen MR) is 90.8 cm³/mol. The first-order valence-corrected chi connectivity index (χ1v) is 9.96. The molecule has 0 unspecified atom stereocenters. The molecule has 0 amide bonds. The van der Waals surface area contributed by atoms with E-state index in [1.807, 2.05) is 24.3 Å². The zero-order valence-corrected chi connectivity index (χ0v) is 15.2. The molecule has 0 atom stereocenters. The number of hydrogen-bond donors (Lipinski definition) is 0. The molecule has 7 heteroatoms. The standard InChI is InChI=1S/C15H16BrNO3S2/c1-20-13-6-2-11(3-7-13)10-17(12-4-5-12)22(18,19)15-9-8-14(16)21-15/h2-3,6-9,12H,4-5,10H2,1H3. The van der Waals surface area contributed by atoms with Gasteiger partial charge in [0, 0.05) is 12.6 Å². The van der Waals surface area contributed by atoms with Gasteiger partial charge in [-0.2, -0.15) is 4.31 Å². The highest BCUT2D eigenvalue weighted by Crippen LogP contribution is 2.36. The fourth-order valence-electron chi connectivity index (χ4n) is 2.24. The normalized spacial score (nSPS) is 15.2. The minimum Gasteiger partial charge on any atom is -0.497 e. The predicted octanol–water partition coefficient (Wildman–Crippen LogP) is 3.87. The van der Waals surface area contributed by atoms with Crippen LogP contribution < -0.4 is 4.74 Å². The SMILES string of the molecule is COc1ccc(CN(C2CC2)S(=O)(=O)c2ccc(Br)s2)cc1. The molecule has 1 heterocycles. The Kier molecular flexibility index (Phi) is 4.59. The Hall–Kier alpha value is -0.890. The van der Waals surface area contributed by atoms with Gasteiger partial charge in [0.05, 0.1) is 10.9 Å². The first-order valence-electron chi connectivity index (χ1n) is 6.91. The number of methoxy groups -OCH3 is 1. The average molecular weight is 402 g/mol. The second-order valence-corrected chi connectivity index (χ2v) is 9.77. The molecule has 0 radical (unpaired) electrons. The van der Waals surface area contributed by atoms with Crippen molar-refractivity contribution in [3.63, 3.8) is 0 Å². The summed E-state index contributed by atoms with van der Waals surface area (Å²) in [6.07, 6.45) is 1.86. The van der Waals surface area contributed by atoms with Gasteiger partial charge in [0.15, 0.2) is 0 Å². The Balaban J connectivity index is 1.86. The molecule has 2 aromatic rings. The topological polar surface area (TPSA) is 46.6 Å². The molecule has 0 saturated heterocycles. The quantitative estimate of drug-likeness (QED) is 0.737. The van der Waals surface area contributed by atoms with Gasteiger partial charge in [0.25, 0.3) is 10.0 Å². The van der Waals surface area contributed by atoms with Crippen LogP contribution in [0.5, 0.6) is 5.75 Å². The van der Waals surface area contributed by atoms with Crippen molar-refractivity contribution in [3.05, 3.63) is 45.7 Å². The summed E-state index contributed by atoms with van der Waals surface area (Å²) in [4.78, 5) is 0. The van der Waals surface area contributed by atoms with E-state index in [0.29, 0.717) is 10.8 Å². The second-order valence-electron chi connectivity index (χ2n) is 5.19. The highest BCUT2D eigenvalue weighted by molar-refractivity contribution is 9.11. The summed E-state index contributed by atoms with van der Waals surface area (Å²) < 4.78 is 33.7. The number of hydrogen-bond acceptors (Lipinski definition) is 4. The lowest BCUT2D eigenvalue weighted by atomic mass is 10.2. The summed E-state index contributed by atoms with van der Waals surface area (Å²) in [6.45, 7) is 0.395. The number of rotatable bonds is 6. The number of nitrogens with zero attached hydrogens (tertiary/aromatic N) is 1. The van der Waals surface area contributed by atoms with Gasteiger partial charge in [-0.05, 0) is 58.6 Å². The molecule has 1 aliphatic carbocycles. The van der Waals surface area contributed by atoms with Crippen LogP contribution in [-0.2, 0) is 16.6 Å². The lowest BCUT2D eigenvalue weighted by molar-refractivity contribution is 0.398. The highest BCUT2D eigenvalue weighted by atomic mass is 79.9. The monoisotopic (exact) mass is 401 g/mol. The van der Waals surface area contributed by atoms with Crippen molar-refractivity contribution in [1.82, 2.24) is 4.31 Å². The maximum Gasteiger partial charge on any atom is 0.253 e. The summed E-state index contributed by atoms with van der Waals surface area (Å²) in [6, 6.07) is 11.1. The van der Waals surface area contributed by atoms with Crippen LogP contribution in [-0.4, -0.2) is 25.9 Å². The van der Waals surface area contributed by atoms with E-state index in [4.69, 9.17) is 4.74 Å². The van der Waals surface area contributed by atoms with Crippen molar-refractivity contribution in [1.29, 1.82) is 0 Å². The van der Waals surface area contributed by atoms with Crippen LogP contribution in [0.2, 0.25) is 0 Å². The summed E-state index contributed by atoms with van der Waals surface area (Å²) in [5.41, 5.74) is 0.965. The Labute approximate surface area is 142 Å². The van der Waals surface area contributed by atoms with Gasteiger partial charge >= 0.3 is 0 Å². The third kappa shape index (κ3) is 3.37. The van der Waals surface area contributed by atoms with Crippen molar-refractivity contribution < 1.29 is 13.2 Å². The zero-order chi connectivity index (χ0) is 15.7. The number of sulfonamides is 1. The van der Waals surface area contributed by atoms with Crippen LogP contribution in [0.1, 0.15) is 18.4 Å². The van der Waals surface area contributed by atoms with Crippen molar-refractivity contribution in [2.45, 2.75) is 29.6 Å². The number of thiophene rings is 1. The average Bonchev–Trinajstić information content (AvgIpc) is 3.25. The third-order valence-electron chi connectivity index (χ3n) is 3.56. The second kappa shape index (κ2) is 6.31. The van der Waals surface area contributed by atoms with Gasteiger partial charge in [0.1, 0.15) is 9.96 Å². The molecule has 1 saturated carbocycles. The minimum atomic E-state index is -3.44. The Morgan fingerprint density at radius 2 is 1.91 bits per heavy atom. The molecule has 0 spiro atoms. The van der Waals surface area contributed by atoms with Crippen LogP contribution >= 0.6 is 27.3 Å². The number of ether oxygens (including phenoxy) is 1. The van der Waals surface area contributed by atoms with Crippen molar-refractivity contribution in [2.24, 2.45) is 0 Å². The van der Waals surface area contributed by atoms with Crippen molar-refractivity contribution >= 4 is 37.3 Å². The van der Waals surface area contributed by atoms with E-state index in [2.05, 4.69) is 15.9 Å². The van der Waals surface area contributed by atoms with Gasteiger partial charge in [-0.15, -0.1) is 11.3 Å². The first kappa shape index (κ1) is 16.0. The van der Waals surface area contributed by atoms with Gasteiger partial charge in [0.2, 0.25) is 0 Å². The third-order valence-corrected chi connectivity index (χ3v) is 7.55. The molecular weight excluding hydrogens is 386 g/mol. The highest BCUT2D eigenvalue weighted by Gasteiger charge is 2.38. The summed E-state index contributed by atoms with van der Waals surface area (Å²) in [5.74, 6) is 0.770. The molecular formula is C15H16BrNO3S2. The molecule has 118 valence electrons. The van der Waals surface area contributed by atoms with E-state index in [1.54, 1.807) is 23.5 Å². The van der Waals surface area contributed by atoms with E-state index in [-0.39, 0.29) is 6.04 Å². The van der Waals surface area contributed by atoms with Crippen LogP contribution in [0.3, 0.4) is 0 Å². The number of benzene rings is 1. The summed E-state index contributed by atoms with van der Waals surface area (Å²) >= 11 is 4.58. The van der Waals surface area contributed by atoms with E-state index >= 15 is 0 Å². The summed E-state index contributed by atoms with van der Waals surface area (Å²) in [7, 11) is -1.82. The van der Waals surface area contributed by atoms with Crippen LogP contribution in [0.25, 0.3) is 0 Å². The maximum absolute atomic E-state index is 12.8. The number of halogens is 1. The maximum atomic E-state index is 12.8. The largest absolute Gasteiger partial charge is 0.497 e. The van der Waals surface area contributed by atoms with Crippen LogP contribution in [0.15, 0.2) is 44.4 Å². The Bertz CT molecular complexity index is 751. The molecule has 22 heavy (non-hydrogen) atoms.